The van der Waals surface area contributed by atoms with Gasteiger partial charge in [0.05, 0.1) is 6.61 Å². The highest BCUT2D eigenvalue weighted by atomic mass is 32.1. The Morgan fingerprint density at radius 3 is 2.78 bits per heavy atom. The summed E-state index contributed by atoms with van der Waals surface area (Å²) >= 11 is 1.37. The van der Waals surface area contributed by atoms with E-state index in [2.05, 4.69) is 5.32 Å². The van der Waals surface area contributed by atoms with Crippen LogP contribution in [0, 0.1) is 5.92 Å². The van der Waals surface area contributed by atoms with Crippen molar-refractivity contribution in [3.05, 3.63) is 29.1 Å². The Kier molecular flexibility index (Phi) is 4.86. The van der Waals surface area contributed by atoms with Crippen LogP contribution in [-0.4, -0.2) is 41.9 Å². The minimum absolute atomic E-state index is 0.125. The maximum atomic E-state index is 12.7. The molecule has 1 aliphatic heterocycles. The van der Waals surface area contributed by atoms with Crippen LogP contribution in [0.5, 0.6) is 0 Å². The predicted octanol–water partition coefficient (Wildman–Crippen LogP) is 3.42. The number of nitrogens with zero attached hydrogens (tertiary/aromatic N) is 1. The van der Waals surface area contributed by atoms with Crippen molar-refractivity contribution in [2.45, 2.75) is 38.6 Å². The fourth-order valence-corrected chi connectivity index (χ4v) is 4.45. The molecule has 2 aliphatic rings. The van der Waals surface area contributed by atoms with Gasteiger partial charge in [0.25, 0.3) is 0 Å². The molecule has 0 radical (unpaired) electrons. The van der Waals surface area contributed by atoms with Gasteiger partial charge in [-0.1, -0.05) is 0 Å². The van der Waals surface area contributed by atoms with Gasteiger partial charge >= 0.3 is 5.97 Å². The summed E-state index contributed by atoms with van der Waals surface area (Å²) in [5, 5.41) is 3.83. The van der Waals surface area contributed by atoms with Crippen LogP contribution in [0.25, 0.3) is 10.1 Å². The van der Waals surface area contributed by atoms with Crippen molar-refractivity contribution in [2.24, 2.45) is 5.92 Å². The van der Waals surface area contributed by atoms with Crippen molar-refractivity contribution >= 4 is 44.9 Å². The third kappa shape index (κ3) is 3.69. The van der Waals surface area contributed by atoms with E-state index in [4.69, 9.17) is 4.74 Å². The largest absolute Gasteiger partial charge is 0.462 e. The second-order valence-electron chi connectivity index (χ2n) is 7.04. The van der Waals surface area contributed by atoms with Crippen LogP contribution < -0.4 is 5.32 Å². The van der Waals surface area contributed by atoms with Crippen LogP contribution in [0.1, 0.15) is 42.3 Å². The molecule has 1 atom stereocenters. The van der Waals surface area contributed by atoms with Gasteiger partial charge in [0.15, 0.2) is 0 Å². The van der Waals surface area contributed by atoms with Crippen LogP contribution in [0.2, 0.25) is 0 Å². The van der Waals surface area contributed by atoms with E-state index in [-0.39, 0.29) is 29.7 Å². The maximum Gasteiger partial charge on any atom is 0.348 e. The quantitative estimate of drug-likeness (QED) is 0.799. The molecule has 7 heteroatoms. The second kappa shape index (κ2) is 7.31. The van der Waals surface area contributed by atoms with Crippen molar-refractivity contribution in [2.75, 3.05) is 18.5 Å². The SMILES string of the molecule is CCOC(=O)c1cc2cc(NC(=O)C3CCCN3C(=O)C3CC3)ccc2s1. The molecule has 2 heterocycles. The average Bonchev–Trinajstić information content (AvgIpc) is 3.23. The zero-order chi connectivity index (χ0) is 19.0. The van der Waals surface area contributed by atoms with Crippen LogP contribution in [0.3, 0.4) is 0 Å². The van der Waals surface area contributed by atoms with Gasteiger partial charge in [-0.15, -0.1) is 11.3 Å². The lowest BCUT2D eigenvalue weighted by molar-refractivity contribution is -0.137. The normalized spacial score (nSPS) is 19.3. The summed E-state index contributed by atoms with van der Waals surface area (Å²) < 4.78 is 6.00. The van der Waals surface area contributed by atoms with Gasteiger partial charge in [0.1, 0.15) is 10.9 Å². The number of esters is 1. The fraction of sp³-hybridized carbons (Fsp3) is 0.450. The van der Waals surface area contributed by atoms with Gasteiger partial charge in [0, 0.05) is 22.8 Å². The first-order chi connectivity index (χ1) is 13.1. The molecule has 1 aliphatic carbocycles. The van der Waals surface area contributed by atoms with Crippen molar-refractivity contribution in [1.29, 1.82) is 0 Å². The molecule has 6 nitrogen and oxygen atoms in total. The van der Waals surface area contributed by atoms with Gasteiger partial charge in [-0.2, -0.15) is 0 Å². The Labute approximate surface area is 161 Å². The molecule has 0 bridgehead atoms. The zero-order valence-corrected chi connectivity index (χ0v) is 16.0. The first kappa shape index (κ1) is 18.0. The molecule has 1 aromatic carbocycles. The topological polar surface area (TPSA) is 75.7 Å². The number of amides is 2. The Morgan fingerprint density at radius 1 is 1.22 bits per heavy atom. The minimum atomic E-state index is -0.383. The van der Waals surface area contributed by atoms with Crippen molar-refractivity contribution < 1.29 is 19.1 Å². The number of hydrogen-bond donors (Lipinski definition) is 1. The highest BCUT2D eigenvalue weighted by molar-refractivity contribution is 7.20. The Hall–Kier alpha value is -2.41. The zero-order valence-electron chi connectivity index (χ0n) is 15.2. The highest BCUT2D eigenvalue weighted by Gasteiger charge is 2.40. The van der Waals surface area contributed by atoms with Gasteiger partial charge < -0.3 is 15.0 Å². The number of rotatable bonds is 5. The van der Waals surface area contributed by atoms with E-state index in [1.54, 1.807) is 17.9 Å². The van der Waals surface area contributed by atoms with Crippen molar-refractivity contribution in [3.8, 4) is 0 Å². The number of hydrogen-bond acceptors (Lipinski definition) is 5. The number of nitrogens with one attached hydrogen (secondary N) is 1. The summed E-state index contributed by atoms with van der Waals surface area (Å²) in [7, 11) is 0. The van der Waals surface area contributed by atoms with Crippen molar-refractivity contribution in [1.82, 2.24) is 4.90 Å². The van der Waals surface area contributed by atoms with E-state index in [9.17, 15) is 14.4 Å². The Balaban J connectivity index is 1.48. The molecule has 2 fully saturated rings. The van der Waals surface area contributed by atoms with Gasteiger partial charge in [-0.3, -0.25) is 9.59 Å². The van der Waals surface area contributed by atoms with Gasteiger partial charge in [0.2, 0.25) is 11.8 Å². The van der Waals surface area contributed by atoms with Gasteiger partial charge in [-0.05, 0) is 62.3 Å². The molecule has 1 aromatic heterocycles. The van der Waals surface area contributed by atoms with E-state index in [1.165, 1.54) is 11.3 Å². The number of thiophene rings is 1. The fourth-order valence-electron chi connectivity index (χ4n) is 3.52. The van der Waals surface area contributed by atoms with Gasteiger partial charge in [-0.25, -0.2) is 4.79 Å². The van der Waals surface area contributed by atoms with E-state index in [0.29, 0.717) is 30.1 Å². The molecule has 0 spiro atoms. The summed E-state index contributed by atoms with van der Waals surface area (Å²) in [4.78, 5) is 39.3. The molecular formula is C20H22N2O4S. The van der Waals surface area contributed by atoms with Crippen LogP contribution in [0.4, 0.5) is 5.69 Å². The van der Waals surface area contributed by atoms with Crippen molar-refractivity contribution in [3.63, 3.8) is 0 Å². The monoisotopic (exact) mass is 386 g/mol. The highest BCUT2D eigenvalue weighted by Crippen LogP contribution is 2.34. The number of carbonyl (C=O) groups is 3. The molecule has 2 amide bonds. The summed E-state index contributed by atoms with van der Waals surface area (Å²) in [6, 6.07) is 6.97. The minimum Gasteiger partial charge on any atom is -0.462 e. The molecule has 4 rings (SSSR count). The summed E-state index contributed by atoms with van der Waals surface area (Å²) in [5.74, 6) is -0.215. The second-order valence-corrected chi connectivity index (χ2v) is 8.12. The first-order valence-electron chi connectivity index (χ1n) is 9.39. The first-order valence-corrected chi connectivity index (χ1v) is 10.2. The molecule has 1 unspecified atom stereocenters. The van der Waals surface area contributed by atoms with E-state index in [0.717, 1.165) is 29.3 Å². The van der Waals surface area contributed by atoms with Crippen LogP contribution in [-0.2, 0) is 14.3 Å². The van der Waals surface area contributed by atoms with E-state index in [1.807, 2.05) is 18.2 Å². The molecule has 1 saturated carbocycles. The lowest BCUT2D eigenvalue weighted by Crippen LogP contribution is -2.43. The third-order valence-corrected chi connectivity index (χ3v) is 6.12. The number of likely N-dealkylation sites (tertiary alicyclic amines) is 1. The molecule has 1 saturated heterocycles. The van der Waals surface area contributed by atoms with Crippen LogP contribution >= 0.6 is 11.3 Å². The number of fused-ring (bicyclic) bond motifs is 1. The summed E-state index contributed by atoms with van der Waals surface area (Å²) in [6.07, 6.45) is 3.46. The number of anilines is 1. The number of carbonyl (C=O) groups excluding carboxylic acids is 3. The Bertz CT molecular complexity index is 903. The maximum absolute atomic E-state index is 12.7. The lowest BCUT2D eigenvalue weighted by Gasteiger charge is -2.24. The molecular weight excluding hydrogens is 364 g/mol. The molecule has 27 heavy (non-hydrogen) atoms. The Morgan fingerprint density at radius 2 is 2.04 bits per heavy atom. The summed E-state index contributed by atoms with van der Waals surface area (Å²) in [5.41, 5.74) is 0.673. The van der Waals surface area contributed by atoms with E-state index >= 15 is 0 Å². The van der Waals surface area contributed by atoms with Crippen LogP contribution in [0.15, 0.2) is 24.3 Å². The number of ether oxygens (including phenoxy) is 1. The van der Waals surface area contributed by atoms with E-state index < -0.39 is 0 Å². The predicted molar refractivity (Wildman–Crippen MR) is 104 cm³/mol. The average molecular weight is 386 g/mol. The third-order valence-electron chi connectivity index (χ3n) is 5.03. The summed E-state index contributed by atoms with van der Waals surface area (Å²) in [6.45, 7) is 2.78. The molecule has 142 valence electrons. The molecule has 2 aromatic rings. The molecule has 1 N–H and O–H groups in total. The smallest absolute Gasteiger partial charge is 0.348 e. The number of benzene rings is 1. The lowest BCUT2D eigenvalue weighted by atomic mass is 10.1. The standard InChI is InChI=1S/C20H22N2O4S/c1-2-26-20(25)17-11-13-10-14(7-8-16(13)27-17)21-18(23)15-4-3-9-22(15)19(24)12-5-6-12/h7-8,10-12,15H,2-6,9H2,1H3,(H,21,23).